The van der Waals surface area contributed by atoms with Crippen LogP contribution in [0.3, 0.4) is 0 Å². The van der Waals surface area contributed by atoms with Gasteiger partial charge in [0, 0.05) is 25.0 Å². The van der Waals surface area contributed by atoms with E-state index in [9.17, 15) is 4.79 Å². The summed E-state index contributed by atoms with van der Waals surface area (Å²) < 4.78 is 0. The van der Waals surface area contributed by atoms with Gasteiger partial charge in [-0.05, 0) is 31.7 Å². The normalized spacial score (nSPS) is 37.0. The maximum atomic E-state index is 12.1. The van der Waals surface area contributed by atoms with E-state index >= 15 is 0 Å². The van der Waals surface area contributed by atoms with Gasteiger partial charge in [0.05, 0.1) is 0 Å². The van der Waals surface area contributed by atoms with Gasteiger partial charge in [0.15, 0.2) is 0 Å². The van der Waals surface area contributed by atoms with Gasteiger partial charge < -0.3 is 10.2 Å². The first-order chi connectivity index (χ1) is 6.84. The van der Waals surface area contributed by atoms with Crippen molar-refractivity contribution in [2.75, 3.05) is 19.6 Å². The van der Waals surface area contributed by atoms with Gasteiger partial charge in [-0.25, -0.2) is 0 Å². The van der Waals surface area contributed by atoms with Crippen LogP contribution in [-0.4, -0.2) is 36.5 Å². The highest BCUT2D eigenvalue weighted by Crippen LogP contribution is 2.33. The molecule has 3 heteroatoms. The van der Waals surface area contributed by atoms with Gasteiger partial charge in [-0.1, -0.05) is 6.42 Å². The van der Waals surface area contributed by atoms with Crippen molar-refractivity contribution >= 4 is 5.91 Å². The lowest BCUT2D eigenvalue weighted by Gasteiger charge is -2.32. The van der Waals surface area contributed by atoms with Crippen molar-refractivity contribution in [1.82, 2.24) is 10.2 Å². The first kappa shape index (κ1) is 8.72. The van der Waals surface area contributed by atoms with E-state index in [-0.39, 0.29) is 0 Å². The number of nitrogens with zero attached hydrogens (tertiary/aromatic N) is 1. The van der Waals surface area contributed by atoms with Crippen LogP contribution in [0.15, 0.2) is 0 Å². The van der Waals surface area contributed by atoms with E-state index in [0.29, 0.717) is 17.9 Å². The van der Waals surface area contributed by atoms with E-state index in [4.69, 9.17) is 0 Å². The van der Waals surface area contributed by atoms with Crippen LogP contribution in [0.1, 0.15) is 25.7 Å². The molecule has 1 amide bonds. The molecule has 1 unspecified atom stereocenters. The second-order valence-corrected chi connectivity index (χ2v) is 5.03. The van der Waals surface area contributed by atoms with Crippen LogP contribution in [0.4, 0.5) is 0 Å². The standard InChI is InChI=1S/C11H18N2O/c14-11(9-2-1-3-9)13-7-8-4-10(13)6-12-5-8/h8-10,12H,1-7H2/t8-,10?/m0/s1. The molecule has 0 aromatic carbocycles. The summed E-state index contributed by atoms with van der Waals surface area (Å²) in [5, 5.41) is 3.41. The maximum Gasteiger partial charge on any atom is 0.225 e. The molecule has 2 atom stereocenters. The third kappa shape index (κ3) is 1.26. The Morgan fingerprint density at radius 2 is 2.14 bits per heavy atom. The fourth-order valence-electron chi connectivity index (χ4n) is 2.97. The highest BCUT2D eigenvalue weighted by Gasteiger charge is 2.40. The first-order valence-corrected chi connectivity index (χ1v) is 5.86. The monoisotopic (exact) mass is 194 g/mol. The molecule has 2 bridgehead atoms. The Hall–Kier alpha value is -0.570. The maximum absolute atomic E-state index is 12.1. The largest absolute Gasteiger partial charge is 0.338 e. The Labute approximate surface area is 84.8 Å². The minimum atomic E-state index is 0.384. The molecule has 2 saturated heterocycles. The molecule has 2 aliphatic heterocycles. The molecule has 1 saturated carbocycles. The van der Waals surface area contributed by atoms with Gasteiger partial charge in [-0.3, -0.25) is 4.79 Å². The predicted molar refractivity (Wildman–Crippen MR) is 53.8 cm³/mol. The summed E-state index contributed by atoms with van der Waals surface area (Å²) in [5.41, 5.74) is 0. The van der Waals surface area contributed by atoms with Crippen molar-refractivity contribution in [3.8, 4) is 0 Å². The average molecular weight is 194 g/mol. The fraction of sp³-hybridized carbons (Fsp3) is 0.909. The fourth-order valence-corrected chi connectivity index (χ4v) is 2.97. The van der Waals surface area contributed by atoms with Gasteiger partial charge in [-0.2, -0.15) is 0 Å². The number of rotatable bonds is 1. The molecule has 1 N–H and O–H groups in total. The Morgan fingerprint density at radius 3 is 2.79 bits per heavy atom. The number of carbonyl (C=O) groups excluding carboxylic acids is 1. The van der Waals surface area contributed by atoms with Crippen molar-refractivity contribution in [3.63, 3.8) is 0 Å². The minimum Gasteiger partial charge on any atom is -0.338 e. The molecule has 78 valence electrons. The third-order valence-electron chi connectivity index (χ3n) is 4.05. The highest BCUT2D eigenvalue weighted by molar-refractivity contribution is 5.80. The van der Waals surface area contributed by atoms with E-state index in [2.05, 4.69) is 10.2 Å². The summed E-state index contributed by atoms with van der Waals surface area (Å²) in [5.74, 6) is 1.57. The van der Waals surface area contributed by atoms with E-state index in [1.165, 1.54) is 12.8 Å². The SMILES string of the molecule is O=C(C1CCC1)N1C[C@@H]2CNCC1C2. The lowest BCUT2D eigenvalue weighted by molar-refractivity contribution is -0.138. The lowest BCUT2D eigenvalue weighted by atomic mass is 9.84. The summed E-state index contributed by atoms with van der Waals surface area (Å²) in [6.45, 7) is 3.16. The van der Waals surface area contributed by atoms with Crippen molar-refractivity contribution in [2.45, 2.75) is 31.7 Å². The summed E-state index contributed by atoms with van der Waals surface area (Å²) in [7, 11) is 0. The van der Waals surface area contributed by atoms with Crippen molar-refractivity contribution in [3.05, 3.63) is 0 Å². The average Bonchev–Trinajstić information content (AvgIpc) is 2.38. The zero-order valence-electron chi connectivity index (χ0n) is 8.54. The molecule has 3 aliphatic rings. The number of fused-ring (bicyclic) bond motifs is 2. The van der Waals surface area contributed by atoms with Crippen LogP contribution < -0.4 is 5.32 Å². The van der Waals surface area contributed by atoms with Gasteiger partial charge in [0.2, 0.25) is 5.91 Å². The van der Waals surface area contributed by atoms with E-state index in [1.54, 1.807) is 0 Å². The van der Waals surface area contributed by atoms with E-state index < -0.39 is 0 Å². The molecule has 3 nitrogen and oxygen atoms in total. The molecule has 14 heavy (non-hydrogen) atoms. The predicted octanol–water partition coefficient (Wildman–Crippen LogP) is 0.607. The first-order valence-electron chi connectivity index (χ1n) is 5.86. The molecule has 1 aliphatic carbocycles. The summed E-state index contributed by atoms with van der Waals surface area (Å²) >= 11 is 0. The van der Waals surface area contributed by atoms with Crippen LogP contribution in [0.2, 0.25) is 0 Å². The molecular weight excluding hydrogens is 176 g/mol. The van der Waals surface area contributed by atoms with Crippen molar-refractivity contribution in [1.29, 1.82) is 0 Å². The lowest BCUT2D eigenvalue weighted by Crippen LogP contribution is -2.45. The third-order valence-corrected chi connectivity index (χ3v) is 4.05. The van der Waals surface area contributed by atoms with Gasteiger partial charge >= 0.3 is 0 Å². The van der Waals surface area contributed by atoms with E-state index in [1.807, 2.05) is 0 Å². The Balaban J connectivity index is 1.69. The van der Waals surface area contributed by atoms with Gasteiger partial charge in [0.25, 0.3) is 0 Å². The molecular formula is C11H18N2O. The van der Waals surface area contributed by atoms with E-state index in [0.717, 1.165) is 38.4 Å². The second kappa shape index (κ2) is 3.23. The van der Waals surface area contributed by atoms with Crippen molar-refractivity contribution in [2.24, 2.45) is 11.8 Å². The molecule has 0 aromatic rings. The minimum absolute atomic E-state index is 0.384. The number of hydrogen-bond acceptors (Lipinski definition) is 2. The smallest absolute Gasteiger partial charge is 0.225 e. The highest BCUT2D eigenvalue weighted by atomic mass is 16.2. The molecule has 0 spiro atoms. The number of amides is 1. The quantitative estimate of drug-likeness (QED) is 0.663. The van der Waals surface area contributed by atoms with Gasteiger partial charge in [0.1, 0.15) is 0 Å². The number of piperidine rings is 1. The zero-order valence-corrected chi connectivity index (χ0v) is 8.54. The van der Waals surface area contributed by atoms with Crippen LogP contribution in [-0.2, 0) is 4.79 Å². The summed E-state index contributed by atoms with van der Waals surface area (Å²) in [6.07, 6.45) is 4.78. The van der Waals surface area contributed by atoms with Crippen LogP contribution in [0.5, 0.6) is 0 Å². The molecule has 0 radical (unpaired) electrons. The number of nitrogens with one attached hydrogen (secondary N) is 1. The molecule has 2 heterocycles. The van der Waals surface area contributed by atoms with Crippen LogP contribution in [0.25, 0.3) is 0 Å². The topological polar surface area (TPSA) is 32.3 Å². The molecule has 3 fully saturated rings. The number of carbonyl (C=O) groups is 1. The zero-order chi connectivity index (χ0) is 9.54. The number of hydrogen-bond donors (Lipinski definition) is 1. The second-order valence-electron chi connectivity index (χ2n) is 5.03. The number of likely N-dealkylation sites (tertiary alicyclic amines) is 1. The Bertz CT molecular complexity index is 250. The van der Waals surface area contributed by atoms with Crippen LogP contribution in [0, 0.1) is 11.8 Å². The van der Waals surface area contributed by atoms with Crippen molar-refractivity contribution < 1.29 is 4.79 Å². The summed E-state index contributed by atoms with van der Waals surface area (Å²) in [4.78, 5) is 14.2. The van der Waals surface area contributed by atoms with Gasteiger partial charge in [-0.15, -0.1) is 0 Å². The van der Waals surface area contributed by atoms with Crippen LogP contribution >= 0.6 is 0 Å². The Kier molecular flexibility index (Phi) is 2.01. The molecule has 3 rings (SSSR count). The summed E-state index contributed by atoms with van der Waals surface area (Å²) in [6, 6.07) is 0.516. The Morgan fingerprint density at radius 1 is 1.29 bits per heavy atom. The molecule has 0 aromatic heterocycles.